The molecule has 0 N–H and O–H groups in total. The molecule has 2 atom stereocenters. The van der Waals surface area contributed by atoms with E-state index in [-0.39, 0.29) is 30.4 Å². The Balaban J connectivity index is 2.69. The van der Waals surface area contributed by atoms with Gasteiger partial charge in [-0.3, -0.25) is 9.59 Å². The lowest BCUT2D eigenvalue weighted by Crippen LogP contribution is -2.17. The van der Waals surface area contributed by atoms with Gasteiger partial charge in [0, 0.05) is 0 Å². The number of rotatable bonds is 9. The smallest absolute Gasteiger partial charge is 0.314 e. The van der Waals surface area contributed by atoms with Crippen molar-refractivity contribution in [1.29, 1.82) is 0 Å². The van der Waals surface area contributed by atoms with Crippen LogP contribution < -0.4 is 9.47 Å². The summed E-state index contributed by atoms with van der Waals surface area (Å²) in [6.07, 6.45) is 5.07. The van der Waals surface area contributed by atoms with Gasteiger partial charge < -0.3 is 14.2 Å². The van der Waals surface area contributed by atoms with Crippen molar-refractivity contribution in [3.05, 3.63) is 29.8 Å². The summed E-state index contributed by atoms with van der Waals surface area (Å²) in [5.74, 6) is 0.152. The number of hydrogen-bond acceptors (Lipinski definition) is 5. The second-order valence-electron chi connectivity index (χ2n) is 5.98. The van der Waals surface area contributed by atoms with E-state index in [9.17, 15) is 9.59 Å². The monoisotopic (exact) mass is 348 g/mol. The molecule has 0 aliphatic carbocycles. The minimum Gasteiger partial charge on any atom is -0.493 e. The van der Waals surface area contributed by atoms with E-state index in [1.807, 2.05) is 39.8 Å². The van der Waals surface area contributed by atoms with E-state index in [0.29, 0.717) is 11.5 Å². The molecule has 0 aliphatic rings. The summed E-state index contributed by atoms with van der Waals surface area (Å²) in [6.45, 7) is 7.77. The van der Waals surface area contributed by atoms with Crippen LogP contribution in [0, 0.1) is 11.8 Å². The van der Waals surface area contributed by atoms with Crippen molar-refractivity contribution in [2.24, 2.45) is 11.8 Å². The minimum atomic E-state index is -0.277. The van der Waals surface area contributed by atoms with Crippen LogP contribution in [0.2, 0.25) is 0 Å². The Hall–Kier alpha value is -2.30. The lowest BCUT2D eigenvalue weighted by Gasteiger charge is -2.12. The van der Waals surface area contributed by atoms with Crippen molar-refractivity contribution < 1.29 is 23.8 Å². The van der Waals surface area contributed by atoms with Crippen LogP contribution in [0.5, 0.6) is 11.5 Å². The van der Waals surface area contributed by atoms with Crippen molar-refractivity contribution >= 4 is 18.0 Å². The largest absolute Gasteiger partial charge is 0.493 e. The standard InChI is InChI=1S/C20H28O5/c1-6-14(3)19(21)24-12-8-9-16-10-11-17(18(13-16)23-5)25-20(22)15(4)7-2/h8-11,13-15H,6-7,12H2,1-5H3/b9-8+/t14-,15-/m0/s1. The quantitative estimate of drug-likeness (QED) is 0.493. The highest BCUT2D eigenvalue weighted by atomic mass is 16.6. The van der Waals surface area contributed by atoms with Gasteiger partial charge >= 0.3 is 11.9 Å². The zero-order chi connectivity index (χ0) is 18.8. The maximum Gasteiger partial charge on any atom is 0.314 e. The Morgan fingerprint density at radius 1 is 1.04 bits per heavy atom. The van der Waals surface area contributed by atoms with Gasteiger partial charge in [0.2, 0.25) is 0 Å². The fourth-order valence-electron chi connectivity index (χ4n) is 1.87. The van der Waals surface area contributed by atoms with Gasteiger partial charge in [-0.25, -0.2) is 0 Å². The zero-order valence-corrected chi connectivity index (χ0v) is 15.7. The number of hydrogen-bond donors (Lipinski definition) is 0. The Kier molecular flexibility index (Phi) is 8.75. The number of methoxy groups -OCH3 is 1. The Labute approximate surface area is 150 Å². The normalized spacial score (nSPS) is 13.3. The molecule has 0 aromatic heterocycles. The summed E-state index contributed by atoms with van der Waals surface area (Å²) in [6, 6.07) is 5.28. The summed E-state index contributed by atoms with van der Waals surface area (Å²) in [7, 11) is 1.53. The molecule has 1 aromatic carbocycles. The number of ether oxygens (including phenoxy) is 3. The average Bonchev–Trinajstić information content (AvgIpc) is 2.64. The van der Waals surface area contributed by atoms with Gasteiger partial charge in [0.25, 0.3) is 0 Å². The SMILES string of the molecule is CC[C@H](C)C(=O)OC/C=C/c1ccc(OC(=O)[C@@H](C)CC)c(OC)c1. The first-order valence-electron chi connectivity index (χ1n) is 8.65. The highest BCUT2D eigenvalue weighted by Gasteiger charge is 2.16. The van der Waals surface area contributed by atoms with Crippen LogP contribution in [0.25, 0.3) is 6.08 Å². The third-order valence-electron chi connectivity index (χ3n) is 4.06. The van der Waals surface area contributed by atoms with E-state index in [0.717, 1.165) is 18.4 Å². The summed E-state index contributed by atoms with van der Waals surface area (Å²) in [5.41, 5.74) is 0.861. The fraction of sp³-hybridized carbons (Fsp3) is 0.500. The molecule has 0 aliphatic heterocycles. The van der Waals surface area contributed by atoms with Crippen molar-refractivity contribution in [2.75, 3.05) is 13.7 Å². The maximum atomic E-state index is 11.9. The lowest BCUT2D eigenvalue weighted by molar-refractivity contribution is -0.146. The number of carbonyl (C=O) groups excluding carboxylic acids is 2. The van der Waals surface area contributed by atoms with Gasteiger partial charge in [0.15, 0.2) is 11.5 Å². The van der Waals surface area contributed by atoms with Crippen LogP contribution in [0.15, 0.2) is 24.3 Å². The van der Waals surface area contributed by atoms with Gasteiger partial charge in [0.05, 0.1) is 18.9 Å². The van der Waals surface area contributed by atoms with E-state index < -0.39 is 0 Å². The second-order valence-corrected chi connectivity index (χ2v) is 5.98. The number of esters is 2. The molecule has 138 valence electrons. The zero-order valence-electron chi connectivity index (χ0n) is 15.7. The van der Waals surface area contributed by atoms with E-state index in [1.165, 1.54) is 7.11 Å². The van der Waals surface area contributed by atoms with Crippen LogP contribution in [0.3, 0.4) is 0 Å². The molecule has 0 unspecified atom stereocenters. The van der Waals surface area contributed by atoms with Crippen LogP contribution in [0.4, 0.5) is 0 Å². The fourth-order valence-corrected chi connectivity index (χ4v) is 1.87. The molecule has 1 rings (SSSR count). The molecule has 0 fully saturated rings. The Bertz CT molecular complexity index is 606. The van der Waals surface area contributed by atoms with E-state index in [1.54, 1.807) is 18.2 Å². The van der Waals surface area contributed by atoms with Crippen LogP contribution in [-0.2, 0) is 14.3 Å². The topological polar surface area (TPSA) is 61.8 Å². The molecule has 0 saturated heterocycles. The molecule has 0 spiro atoms. The van der Waals surface area contributed by atoms with Gasteiger partial charge in [-0.05, 0) is 36.6 Å². The van der Waals surface area contributed by atoms with Crippen LogP contribution in [-0.4, -0.2) is 25.7 Å². The molecule has 0 bridgehead atoms. The summed E-state index contributed by atoms with van der Waals surface area (Å²) in [4.78, 5) is 23.5. The van der Waals surface area contributed by atoms with Crippen molar-refractivity contribution in [2.45, 2.75) is 40.5 Å². The lowest BCUT2D eigenvalue weighted by atomic mass is 10.1. The average molecular weight is 348 g/mol. The van der Waals surface area contributed by atoms with Gasteiger partial charge in [-0.2, -0.15) is 0 Å². The van der Waals surface area contributed by atoms with Crippen molar-refractivity contribution in [3.63, 3.8) is 0 Å². The van der Waals surface area contributed by atoms with Gasteiger partial charge in [-0.1, -0.05) is 39.8 Å². The van der Waals surface area contributed by atoms with Gasteiger partial charge in [0.1, 0.15) is 6.61 Å². The number of benzene rings is 1. The third-order valence-corrected chi connectivity index (χ3v) is 4.06. The van der Waals surface area contributed by atoms with Crippen LogP contribution in [0.1, 0.15) is 46.1 Å². The second kappa shape index (κ2) is 10.5. The van der Waals surface area contributed by atoms with Crippen LogP contribution >= 0.6 is 0 Å². The summed E-state index contributed by atoms with van der Waals surface area (Å²) >= 11 is 0. The Morgan fingerprint density at radius 3 is 2.28 bits per heavy atom. The molecule has 0 heterocycles. The first-order valence-corrected chi connectivity index (χ1v) is 8.65. The van der Waals surface area contributed by atoms with Gasteiger partial charge in [-0.15, -0.1) is 0 Å². The molecule has 1 aromatic rings. The molecular weight excluding hydrogens is 320 g/mol. The predicted molar refractivity (Wildman–Crippen MR) is 97.5 cm³/mol. The van der Waals surface area contributed by atoms with E-state index in [4.69, 9.17) is 14.2 Å². The summed E-state index contributed by atoms with van der Waals surface area (Å²) < 4.78 is 15.8. The van der Waals surface area contributed by atoms with E-state index in [2.05, 4.69) is 0 Å². The molecule has 5 heteroatoms. The highest BCUT2D eigenvalue weighted by molar-refractivity contribution is 5.75. The molecule has 0 saturated carbocycles. The molecular formula is C20H28O5. The molecule has 5 nitrogen and oxygen atoms in total. The number of carbonyl (C=O) groups is 2. The van der Waals surface area contributed by atoms with Crippen molar-refractivity contribution in [3.8, 4) is 11.5 Å². The first-order chi connectivity index (χ1) is 11.9. The summed E-state index contributed by atoms with van der Waals surface area (Å²) in [5, 5.41) is 0. The third kappa shape index (κ3) is 6.61. The minimum absolute atomic E-state index is 0.0898. The highest BCUT2D eigenvalue weighted by Crippen LogP contribution is 2.29. The maximum absolute atomic E-state index is 11.9. The van der Waals surface area contributed by atoms with Crippen molar-refractivity contribution in [1.82, 2.24) is 0 Å². The molecule has 0 amide bonds. The first kappa shape index (κ1) is 20.7. The van der Waals surface area contributed by atoms with E-state index >= 15 is 0 Å². The molecule has 0 radical (unpaired) electrons. The predicted octanol–water partition coefficient (Wildman–Crippen LogP) is 4.25. The Morgan fingerprint density at radius 2 is 1.68 bits per heavy atom. The molecule has 25 heavy (non-hydrogen) atoms.